The Balaban J connectivity index is 0.00000147. The summed E-state index contributed by atoms with van der Waals surface area (Å²) < 4.78 is 0. The van der Waals surface area contributed by atoms with Crippen molar-refractivity contribution in [1.82, 2.24) is 9.88 Å². The number of nitrogen functional groups attached to an aromatic ring is 1. The minimum Gasteiger partial charge on any atom is -0.375 e. The zero-order valence-electron chi connectivity index (χ0n) is 12.3. The van der Waals surface area contributed by atoms with Crippen LogP contribution < -0.4 is 5.73 Å². The molecule has 5 heteroatoms. The van der Waals surface area contributed by atoms with Crippen LogP contribution in [-0.2, 0) is 6.54 Å². The zero-order valence-corrected chi connectivity index (χ0v) is 13.9. The molecule has 0 saturated heterocycles. The highest BCUT2D eigenvalue weighted by molar-refractivity contribution is 7.15. The summed E-state index contributed by atoms with van der Waals surface area (Å²) >= 11 is 1.66. The van der Waals surface area contributed by atoms with Crippen molar-refractivity contribution in [1.29, 1.82) is 0 Å². The van der Waals surface area contributed by atoms with Crippen molar-refractivity contribution >= 4 is 28.9 Å². The van der Waals surface area contributed by atoms with Crippen LogP contribution in [-0.4, -0.2) is 22.0 Å². The number of anilines is 1. The van der Waals surface area contributed by atoms with E-state index in [1.807, 2.05) is 6.20 Å². The van der Waals surface area contributed by atoms with Crippen LogP contribution in [0.5, 0.6) is 0 Å². The second kappa shape index (κ2) is 7.10. The normalized spacial score (nSPS) is 26.5. The highest BCUT2D eigenvalue weighted by atomic mass is 35.5. The molecule has 2 saturated carbocycles. The number of nitrogens with two attached hydrogens (primary N) is 1. The molecule has 2 aliphatic carbocycles. The monoisotopic (exact) mass is 315 g/mol. The van der Waals surface area contributed by atoms with Crippen molar-refractivity contribution in [2.24, 2.45) is 5.92 Å². The number of aromatic nitrogens is 1. The van der Waals surface area contributed by atoms with E-state index in [1.165, 1.54) is 49.8 Å². The van der Waals surface area contributed by atoms with Crippen molar-refractivity contribution in [3.8, 4) is 0 Å². The highest BCUT2D eigenvalue weighted by Gasteiger charge is 2.35. The molecule has 0 bridgehead atoms. The third kappa shape index (κ3) is 3.86. The van der Waals surface area contributed by atoms with E-state index in [0.29, 0.717) is 5.13 Å². The molecule has 0 aromatic carbocycles. The van der Waals surface area contributed by atoms with Gasteiger partial charge in [-0.2, -0.15) is 0 Å². The topological polar surface area (TPSA) is 42.2 Å². The van der Waals surface area contributed by atoms with Gasteiger partial charge >= 0.3 is 0 Å². The van der Waals surface area contributed by atoms with E-state index in [4.69, 9.17) is 5.73 Å². The molecule has 0 unspecified atom stereocenters. The fourth-order valence-corrected chi connectivity index (χ4v) is 4.12. The summed E-state index contributed by atoms with van der Waals surface area (Å²) in [7, 11) is 0. The molecule has 1 aromatic heterocycles. The minimum absolute atomic E-state index is 0. The molecule has 0 aliphatic heterocycles. The Morgan fingerprint density at radius 1 is 1.20 bits per heavy atom. The molecular formula is C15H26ClN3S. The maximum Gasteiger partial charge on any atom is 0.180 e. The number of hydrogen-bond donors (Lipinski definition) is 1. The summed E-state index contributed by atoms with van der Waals surface area (Å²) in [6, 6.07) is 1.64. The van der Waals surface area contributed by atoms with Gasteiger partial charge in [-0.15, -0.1) is 23.7 Å². The third-order valence-electron chi connectivity index (χ3n) is 4.79. The molecule has 0 radical (unpaired) electrons. The lowest BCUT2D eigenvalue weighted by atomic mass is 9.84. The van der Waals surface area contributed by atoms with E-state index in [0.717, 1.165) is 24.5 Å². The van der Waals surface area contributed by atoms with Crippen LogP contribution in [0.4, 0.5) is 5.13 Å². The van der Waals surface area contributed by atoms with Gasteiger partial charge in [0.1, 0.15) is 0 Å². The van der Waals surface area contributed by atoms with Gasteiger partial charge in [0.15, 0.2) is 5.13 Å². The van der Waals surface area contributed by atoms with Crippen molar-refractivity contribution in [2.45, 2.75) is 70.5 Å². The summed E-state index contributed by atoms with van der Waals surface area (Å²) in [6.07, 6.45) is 11.7. The highest BCUT2D eigenvalue weighted by Crippen LogP contribution is 2.37. The quantitative estimate of drug-likeness (QED) is 0.890. The van der Waals surface area contributed by atoms with Crippen molar-refractivity contribution in [3.05, 3.63) is 11.1 Å². The molecule has 0 amide bonds. The van der Waals surface area contributed by atoms with Crippen molar-refractivity contribution in [2.75, 3.05) is 5.73 Å². The maximum absolute atomic E-state index is 5.75. The van der Waals surface area contributed by atoms with Crippen LogP contribution in [0, 0.1) is 5.92 Å². The van der Waals surface area contributed by atoms with Crippen LogP contribution in [0.25, 0.3) is 0 Å². The van der Waals surface area contributed by atoms with Crippen molar-refractivity contribution < 1.29 is 0 Å². The van der Waals surface area contributed by atoms with E-state index in [1.54, 1.807) is 11.3 Å². The molecule has 1 aromatic rings. The Labute approximate surface area is 132 Å². The number of halogens is 1. The Hall–Kier alpha value is -0.320. The largest absolute Gasteiger partial charge is 0.375 e. The molecule has 2 fully saturated rings. The lowest BCUT2D eigenvalue weighted by Gasteiger charge is -2.36. The zero-order chi connectivity index (χ0) is 13.2. The summed E-state index contributed by atoms with van der Waals surface area (Å²) in [5, 5.41) is 0.709. The SMILES string of the molecule is CCC1CCC(N(Cc2cnc(N)s2)C2CC2)CC1.Cl. The molecule has 2 aliphatic rings. The van der Waals surface area contributed by atoms with Gasteiger partial charge in [-0.25, -0.2) is 4.98 Å². The smallest absolute Gasteiger partial charge is 0.180 e. The summed E-state index contributed by atoms with van der Waals surface area (Å²) in [4.78, 5) is 8.27. The number of rotatable bonds is 5. The molecule has 0 spiro atoms. The molecule has 1 heterocycles. The molecule has 0 atom stereocenters. The van der Waals surface area contributed by atoms with E-state index in [-0.39, 0.29) is 12.4 Å². The predicted octanol–water partition coefficient (Wildman–Crippen LogP) is 4.08. The lowest BCUT2D eigenvalue weighted by Crippen LogP contribution is -2.39. The van der Waals surface area contributed by atoms with Crippen LogP contribution in [0.3, 0.4) is 0 Å². The fraction of sp³-hybridized carbons (Fsp3) is 0.800. The lowest BCUT2D eigenvalue weighted by molar-refractivity contribution is 0.121. The Kier molecular flexibility index (Phi) is 5.70. The third-order valence-corrected chi connectivity index (χ3v) is 5.60. The van der Waals surface area contributed by atoms with Gasteiger partial charge in [-0.1, -0.05) is 13.3 Å². The second-order valence-corrected chi connectivity index (χ2v) is 7.30. The van der Waals surface area contributed by atoms with Gasteiger partial charge in [0.05, 0.1) is 0 Å². The van der Waals surface area contributed by atoms with Crippen molar-refractivity contribution in [3.63, 3.8) is 0 Å². The van der Waals surface area contributed by atoms with E-state index in [2.05, 4.69) is 16.8 Å². The summed E-state index contributed by atoms with van der Waals surface area (Å²) in [5.41, 5.74) is 5.75. The first-order chi connectivity index (χ1) is 9.26. The van der Waals surface area contributed by atoms with Gasteiger partial charge in [-0.3, -0.25) is 4.90 Å². The summed E-state index contributed by atoms with van der Waals surface area (Å²) in [6.45, 7) is 3.41. The standard InChI is InChI=1S/C15H25N3S.ClH/c1-2-11-3-5-12(6-4-11)18(13-7-8-13)10-14-9-17-15(16)19-14;/h9,11-13H,2-8,10H2,1H3,(H2,16,17);1H. The van der Waals surface area contributed by atoms with Gasteiger partial charge in [0.25, 0.3) is 0 Å². The molecule has 2 N–H and O–H groups in total. The van der Waals surface area contributed by atoms with Gasteiger partial charge < -0.3 is 5.73 Å². The average molecular weight is 316 g/mol. The first kappa shape index (κ1) is 16.1. The minimum atomic E-state index is 0. The predicted molar refractivity (Wildman–Crippen MR) is 88.4 cm³/mol. The number of hydrogen-bond acceptors (Lipinski definition) is 4. The van der Waals surface area contributed by atoms with Crippen LogP contribution >= 0.6 is 23.7 Å². The second-order valence-electron chi connectivity index (χ2n) is 6.15. The van der Waals surface area contributed by atoms with Crippen LogP contribution in [0.15, 0.2) is 6.20 Å². The maximum atomic E-state index is 5.75. The Bertz CT molecular complexity index is 411. The molecule has 3 rings (SSSR count). The first-order valence-electron chi connectivity index (χ1n) is 7.72. The first-order valence-corrected chi connectivity index (χ1v) is 8.53. The molecular weight excluding hydrogens is 290 g/mol. The number of nitrogens with zero attached hydrogens (tertiary/aromatic N) is 2. The van der Waals surface area contributed by atoms with E-state index >= 15 is 0 Å². The molecule has 20 heavy (non-hydrogen) atoms. The summed E-state index contributed by atoms with van der Waals surface area (Å²) in [5.74, 6) is 0.983. The fourth-order valence-electron chi connectivity index (χ4n) is 3.42. The average Bonchev–Trinajstić information content (AvgIpc) is 3.20. The van der Waals surface area contributed by atoms with E-state index in [9.17, 15) is 0 Å². The van der Waals surface area contributed by atoms with Crippen LogP contribution in [0.1, 0.15) is 56.7 Å². The van der Waals surface area contributed by atoms with Crippen LogP contribution in [0.2, 0.25) is 0 Å². The molecule has 114 valence electrons. The van der Waals surface area contributed by atoms with Gasteiger partial charge in [0.2, 0.25) is 0 Å². The number of thiazole rings is 1. The molecule has 3 nitrogen and oxygen atoms in total. The van der Waals surface area contributed by atoms with Gasteiger partial charge in [-0.05, 0) is 44.4 Å². The Morgan fingerprint density at radius 2 is 1.80 bits per heavy atom. The Morgan fingerprint density at radius 3 is 2.25 bits per heavy atom. The van der Waals surface area contributed by atoms with E-state index < -0.39 is 0 Å². The van der Waals surface area contributed by atoms with Gasteiger partial charge in [0, 0.05) is 29.7 Å².